The van der Waals surface area contributed by atoms with Crippen LogP contribution in [0.5, 0.6) is 0 Å². The molecule has 1 saturated heterocycles. The predicted molar refractivity (Wildman–Crippen MR) is 106 cm³/mol. The van der Waals surface area contributed by atoms with Gasteiger partial charge in [-0.25, -0.2) is 0 Å². The third-order valence-electron chi connectivity index (χ3n) is 5.76. The molecule has 0 bridgehead atoms. The lowest BCUT2D eigenvalue weighted by Gasteiger charge is -2.37. The van der Waals surface area contributed by atoms with Gasteiger partial charge in [0.2, 0.25) is 0 Å². The molecule has 26 heavy (non-hydrogen) atoms. The molecule has 1 aromatic carbocycles. The van der Waals surface area contributed by atoms with Crippen LogP contribution in [-0.2, 0) is 6.54 Å². The van der Waals surface area contributed by atoms with E-state index in [1.54, 1.807) is 0 Å². The Morgan fingerprint density at radius 3 is 2.81 bits per heavy atom. The Labute approximate surface area is 156 Å². The van der Waals surface area contributed by atoms with Crippen LogP contribution in [-0.4, -0.2) is 58.6 Å². The van der Waals surface area contributed by atoms with E-state index in [2.05, 4.69) is 57.2 Å². The van der Waals surface area contributed by atoms with Crippen LogP contribution in [0.15, 0.2) is 42.9 Å². The van der Waals surface area contributed by atoms with Crippen molar-refractivity contribution in [2.75, 3.05) is 32.8 Å². The summed E-state index contributed by atoms with van der Waals surface area (Å²) in [6, 6.07) is 9.19. The van der Waals surface area contributed by atoms with E-state index >= 15 is 0 Å². The van der Waals surface area contributed by atoms with Crippen molar-refractivity contribution in [1.82, 2.24) is 19.7 Å². The number of pyridine rings is 1. The normalized spacial score (nSPS) is 19.0. The van der Waals surface area contributed by atoms with Crippen molar-refractivity contribution in [3.05, 3.63) is 54.0 Å². The molecule has 0 saturated carbocycles. The summed E-state index contributed by atoms with van der Waals surface area (Å²) in [5, 5.41) is 1.22. The molecule has 1 fully saturated rings. The summed E-state index contributed by atoms with van der Waals surface area (Å²) >= 11 is 0. The Balaban J connectivity index is 1.40. The summed E-state index contributed by atoms with van der Waals surface area (Å²) in [6.45, 7) is 8.21. The SMILES string of the molecule is Cc1ccc2cccnc2c1CN1C=CN(C2CCN(CCN)CC2)C1. The first-order valence-corrected chi connectivity index (χ1v) is 9.68. The fourth-order valence-corrected chi connectivity index (χ4v) is 4.19. The second-order valence-corrected chi connectivity index (χ2v) is 7.50. The molecule has 2 aromatic rings. The lowest BCUT2D eigenvalue weighted by atomic mass is 10.0. The maximum absolute atomic E-state index is 5.68. The van der Waals surface area contributed by atoms with Gasteiger partial charge in [-0.05, 0) is 31.4 Å². The quantitative estimate of drug-likeness (QED) is 0.897. The van der Waals surface area contributed by atoms with E-state index in [1.807, 2.05) is 12.3 Å². The van der Waals surface area contributed by atoms with Crippen LogP contribution in [0.25, 0.3) is 10.9 Å². The molecular formula is C21H29N5. The second kappa shape index (κ2) is 7.64. The highest BCUT2D eigenvalue weighted by Gasteiger charge is 2.26. The van der Waals surface area contributed by atoms with Gasteiger partial charge in [-0.2, -0.15) is 0 Å². The van der Waals surface area contributed by atoms with Crippen molar-refractivity contribution >= 4 is 10.9 Å². The minimum atomic E-state index is 0.650. The van der Waals surface area contributed by atoms with Crippen LogP contribution < -0.4 is 5.73 Å². The van der Waals surface area contributed by atoms with Crippen LogP contribution >= 0.6 is 0 Å². The number of benzene rings is 1. The van der Waals surface area contributed by atoms with Gasteiger partial charge in [0.25, 0.3) is 0 Å². The number of aryl methyl sites for hydroxylation is 1. The Kier molecular flexibility index (Phi) is 5.09. The first-order valence-electron chi connectivity index (χ1n) is 9.68. The molecule has 3 heterocycles. The van der Waals surface area contributed by atoms with Gasteiger partial charge < -0.3 is 20.4 Å². The molecule has 0 amide bonds. The number of likely N-dealkylation sites (tertiary alicyclic amines) is 1. The third-order valence-corrected chi connectivity index (χ3v) is 5.76. The van der Waals surface area contributed by atoms with Crippen LogP contribution in [0.3, 0.4) is 0 Å². The van der Waals surface area contributed by atoms with E-state index in [4.69, 9.17) is 5.73 Å². The van der Waals surface area contributed by atoms with Crippen molar-refractivity contribution in [2.45, 2.75) is 32.4 Å². The molecule has 0 unspecified atom stereocenters. The number of nitrogens with two attached hydrogens (primary N) is 1. The smallest absolute Gasteiger partial charge is 0.0900 e. The number of hydrogen-bond acceptors (Lipinski definition) is 5. The third kappa shape index (κ3) is 3.55. The highest BCUT2D eigenvalue weighted by molar-refractivity contribution is 5.82. The number of hydrogen-bond donors (Lipinski definition) is 1. The summed E-state index contributed by atoms with van der Waals surface area (Å²) in [7, 11) is 0. The maximum Gasteiger partial charge on any atom is 0.0900 e. The number of aromatic nitrogens is 1. The van der Waals surface area contributed by atoms with Crippen LogP contribution in [0, 0.1) is 6.92 Å². The summed E-state index contributed by atoms with van der Waals surface area (Å²) in [4.78, 5) is 12.0. The molecule has 2 aliphatic heterocycles. The van der Waals surface area contributed by atoms with E-state index in [-0.39, 0.29) is 0 Å². The molecule has 5 nitrogen and oxygen atoms in total. The molecule has 0 atom stereocenters. The minimum absolute atomic E-state index is 0.650. The van der Waals surface area contributed by atoms with Crippen molar-refractivity contribution < 1.29 is 0 Å². The summed E-state index contributed by atoms with van der Waals surface area (Å²) in [5.41, 5.74) is 9.48. The Morgan fingerprint density at radius 1 is 1.15 bits per heavy atom. The fourth-order valence-electron chi connectivity index (χ4n) is 4.19. The Bertz CT molecular complexity index is 779. The number of nitrogens with zero attached hydrogens (tertiary/aromatic N) is 4. The monoisotopic (exact) mass is 351 g/mol. The van der Waals surface area contributed by atoms with Crippen molar-refractivity contribution in [3.63, 3.8) is 0 Å². The van der Waals surface area contributed by atoms with E-state index in [1.165, 1.54) is 42.4 Å². The average Bonchev–Trinajstić information content (AvgIpc) is 3.14. The highest BCUT2D eigenvalue weighted by atomic mass is 15.4. The molecule has 2 aliphatic rings. The van der Waals surface area contributed by atoms with Gasteiger partial charge in [0, 0.05) is 68.3 Å². The summed E-state index contributed by atoms with van der Waals surface area (Å²) in [6.07, 6.45) is 8.87. The Hall–Kier alpha value is -2.11. The zero-order chi connectivity index (χ0) is 17.9. The van der Waals surface area contributed by atoms with Gasteiger partial charge in [0.15, 0.2) is 0 Å². The molecule has 0 aliphatic carbocycles. The minimum Gasteiger partial charge on any atom is -0.356 e. The molecule has 0 spiro atoms. The average molecular weight is 351 g/mol. The van der Waals surface area contributed by atoms with Gasteiger partial charge in [-0.1, -0.05) is 18.2 Å². The number of rotatable bonds is 5. The first kappa shape index (κ1) is 17.3. The summed E-state index contributed by atoms with van der Waals surface area (Å²) in [5.74, 6) is 0. The zero-order valence-electron chi connectivity index (χ0n) is 15.6. The second-order valence-electron chi connectivity index (χ2n) is 7.50. The zero-order valence-corrected chi connectivity index (χ0v) is 15.6. The van der Waals surface area contributed by atoms with E-state index in [0.717, 1.165) is 31.8 Å². The topological polar surface area (TPSA) is 48.6 Å². The lowest BCUT2D eigenvalue weighted by molar-refractivity contribution is 0.125. The Morgan fingerprint density at radius 2 is 2.00 bits per heavy atom. The van der Waals surface area contributed by atoms with E-state index in [9.17, 15) is 0 Å². The van der Waals surface area contributed by atoms with Gasteiger partial charge in [0.05, 0.1) is 12.2 Å². The molecule has 1 aromatic heterocycles. The van der Waals surface area contributed by atoms with Crippen molar-refractivity contribution in [1.29, 1.82) is 0 Å². The summed E-state index contributed by atoms with van der Waals surface area (Å²) < 4.78 is 0. The first-order chi connectivity index (χ1) is 12.7. The van der Waals surface area contributed by atoms with Crippen molar-refractivity contribution in [2.24, 2.45) is 5.73 Å². The molecule has 5 heteroatoms. The highest BCUT2D eigenvalue weighted by Crippen LogP contribution is 2.25. The largest absolute Gasteiger partial charge is 0.356 e. The van der Waals surface area contributed by atoms with Gasteiger partial charge in [-0.3, -0.25) is 4.98 Å². The van der Waals surface area contributed by atoms with Crippen molar-refractivity contribution in [3.8, 4) is 0 Å². The van der Waals surface area contributed by atoms with Crippen LogP contribution in [0.1, 0.15) is 24.0 Å². The fraction of sp³-hybridized carbons (Fsp3) is 0.476. The predicted octanol–water partition coefficient (Wildman–Crippen LogP) is 2.51. The molecular weight excluding hydrogens is 322 g/mol. The van der Waals surface area contributed by atoms with E-state index < -0.39 is 0 Å². The molecule has 138 valence electrons. The van der Waals surface area contributed by atoms with Crippen LogP contribution in [0.2, 0.25) is 0 Å². The van der Waals surface area contributed by atoms with Gasteiger partial charge in [-0.15, -0.1) is 0 Å². The standard InChI is InChI=1S/C21H29N5/c1-17-4-5-18-3-2-9-23-21(18)20(17)15-25-13-14-26(16-25)19-6-10-24(11-7-19)12-8-22/h2-5,9,13-14,19H,6-8,10-12,15-16,22H2,1H3. The molecule has 0 radical (unpaired) electrons. The lowest BCUT2D eigenvalue weighted by Crippen LogP contribution is -2.44. The van der Waals surface area contributed by atoms with E-state index in [0.29, 0.717) is 6.04 Å². The number of piperidine rings is 1. The number of fused-ring (bicyclic) bond motifs is 1. The molecule has 4 rings (SSSR count). The van der Waals surface area contributed by atoms with Gasteiger partial charge >= 0.3 is 0 Å². The maximum atomic E-state index is 5.68. The van der Waals surface area contributed by atoms with Gasteiger partial charge in [0.1, 0.15) is 0 Å². The molecule has 2 N–H and O–H groups in total. The van der Waals surface area contributed by atoms with Crippen LogP contribution in [0.4, 0.5) is 0 Å².